The van der Waals surface area contributed by atoms with Crippen LogP contribution in [0.2, 0.25) is 0 Å². The van der Waals surface area contributed by atoms with Crippen LogP contribution in [0.3, 0.4) is 0 Å². The molecular weight excluding hydrogens is 339 g/mol. The third kappa shape index (κ3) is 3.57. The average molecular weight is 352 g/mol. The fourth-order valence-electron chi connectivity index (χ4n) is 2.14. The molecule has 0 spiro atoms. The van der Waals surface area contributed by atoms with Crippen molar-refractivity contribution in [3.63, 3.8) is 0 Å². The monoisotopic (exact) mass is 352 g/mol. The molecule has 1 aromatic carbocycles. The first kappa shape index (κ1) is 16.3. The van der Waals surface area contributed by atoms with Crippen molar-refractivity contribution in [1.82, 2.24) is 4.72 Å². The number of nitrogens with two attached hydrogens (primary N) is 1. The van der Waals surface area contributed by atoms with E-state index < -0.39 is 31.7 Å². The Morgan fingerprint density at radius 2 is 2.10 bits per heavy atom. The lowest BCUT2D eigenvalue weighted by Crippen LogP contribution is -2.36. The average Bonchev–Trinajstić information content (AvgIpc) is 2.67. The molecule has 1 unspecified atom stereocenters. The molecule has 0 radical (unpaired) electrons. The van der Waals surface area contributed by atoms with Gasteiger partial charge >= 0.3 is 0 Å². The Balaban J connectivity index is 2.37. The Morgan fingerprint density at radius 1 is 1.43 bits per heavy atom. The van der Waals surface area contributed by atoms with Crippen molar-refractivity contribution in [3.8, 4) is 0 Å². The van der Waals surface area contributed by atoms with Gasteiger partial charge in [0, 0.05) is 6.04 Å². The molecule has 6 nitrogen and oxygen atoms in total. The van der Waals surface area contributed by atoms with Crippen LogP contribution >= 0.6 is 12.2 Å². The van der Waals surface area contributed by atoms with Gasteiger partial charge in [0.2, 0.25) is 10.0 Å². The Kier molecular flexibility index (Phi) is 4.34. The standard InChI is InChI=1S/C11H13FN2O4S3/c12-8-2-1-3-9(10(8)11(13)19)21(17,18)14-7-4-5-20(15,16)6-7/h1-3,7,14H,4-6H2,(H2,13,19). The number of sulfone groups is 1. The van der Waals surface area contributed by atoms with Crippen LogP contribution < -0.4 is 10.5 Å². The maximum absolute atomic E-state index is 13.7. The summed E-state index contributed by atoms with van der Waals surface area (Å²) in [6.07, 6.45) is 0.180. The van der Waals surface area contributed by atoms with E-state index in [-0.39, 0.29) is 33.4 Å². The van der Waals surface area contributed by atoms with Crippen LogP contribution in [0.1, 0.15) is 12.0 Å². The minimum atomic E-state index is -4.11. The topological polar surface area (TPSA) is 106 Å². The fourth-order valence-corrected chi connectivity index (χ4v) is 5.69. The maximum Gasteiger partial charge on any atom is 0.241 e. The Bertz CT molecular complexity index is 790. The second-order valence-electron chi connectivity index (χ2n) is 4.70. The van der Waals surface area contributed by atoms with E-state index in [1.54, 1.807) is 0 Å². The largest absolute Gasteiger partial charge is 0.389 e. The molecule has 116 valence electrons. The Hall–Kier alpha value is -1.10. The summed E-state index contributed by atoms with van der Waals surface area (Å²) in [6.45, 7) is 0. The molecule has 0 aromatic heterocycles. The summed E-state index contributed by atoms with van der Waals surface area (Å²) in [6, 6.07) is 2.70. The minimum Gasteiger partial charge on any atom is -0.389 e. The van der Waals surface area contributed by atoms with Crippen molar-refractivity contribution in [2.45, 2.75) is 17.4 Å². The summed E-state index contributed by atoms with van der Waals surface area (Å²) in [5.41, 5.74) is 4.99. The molecule has 0 amide bonds. The smallest absolute Gasteiger partial charge is 0.241 e. The van der Waals surface area contributed by atoms with Crippen molar-refractivity contribution in [1.29, 1.82) is 0 Å². The first-order chi connectivity index (χ1) is 9.62. The number of rotatable bonds is 4. The molecule has 0 aliphatic carbocycles. The number of sulfonamides is 1. The zero-order valence-electron chi connectivity index (χ0n) is 10.7. The molecule has 10 heteroatoms. The van der Waals surface area contributed by atoms with Crippen molar-refractivity contribution >= 4 is 37.1 Å². The van der Waals surface area contributed by atoms with E-state index >= 15 is 0 Å². The van der Waals surface area contributed by atoms with E-state index in [4.69, 9.17) is 5.73 Å². The van der Waals surface area contributed by atoms with Crippen molar-refractivity contribution in [2.75, 3.05) is 11.5 Å². The summed E-state index contributed by atoms with van der Waals surface area (Å²) in [5, 5.41) is 0. The lowest BCUT2D eigenvalue weighted by molar-refractivity contribution is 0.559. The molecule has 1 fully saturated rings. The van der Waals surface area contributed by atoms with Crippen LogP contribution in [0.4, 0.5) is 4.39 Å². The zero-order chi connectivity index (χ0) is 15.8. The summed E-state index contributed by atoms with van der Waals surface area (Å²) < 4.78 is 63.3. The summed E-state index contributed by atoms with van der Waals surface area (Å²) in [5.74, 6) is -1.19. The minimum absolute atomic E-state index is 0.0779. The molecular formula is C11H13FN2O4S3. The second kappa shape index (κ2) is 5.59. The van der Waals surface area contributed by atoms with Gasteiger partial charge in [0.15, 0.2) is 9.84 Å². The van der Waals surface area contributed by atoms with Crippen LogP contribution in [0, 0.1) is 5.82 Å². The molecule has 3 N–H and O–H groups in total. The highest BCUT2D eigenvalue weighted by atomic mass is 32.2. The van der Waals surface area contributed by atoms with Gasteiger partial charge in [-0.1, -0.05) is 18.3 Å². The van der Waals surface area contributed by atoms with E-state index in [0.29, 0.717) is 0 Å². The third-order valence-electron chi connectivity index (χ3n) is 3.07. The molecule has 2 rings (SSSR count). The normalized spacial score (nSPS) is 21.3. The van der Waals surface area contributed by atoms with Gasteiger partial charge in [-0.25, -0.2) is 25.9 Å². The van der Waals surface area contributed by atoms with Crippen LogP contribution in [0.5, 0.6) is 0 Å². The van der Waals surface area contributed by atoms with Crippen molar-refractivity contribution in [3.05, 3.63) is 29.6 Å². The van der Waals surface area contributed by atoms with Crippen LogP contribution in [-0.4, -0.2) is 39.4 Å². The van der Waals surface area contributed by atoms with Crippen molar-refractivity contribution in [2.24, 2.45) is 5.73 Å². The first-order valence-corrected chi connectivity index (χ1v) is 9.65. The van der Waals surface area contributed by atoms with Gasteiger partial charge in [-0.2, -0.15) is 0 Å². The van der Waals surface area contributed by atoms with Crippen LogP contribution in [0.15, 0.2) is 23.1 Å². The molecule has 1 aliphatic rings. The zero-order valence-corrected chi connectivity index (χ0v) is 13.2. The number of benzene rings is 1. The number of hydrogen-bond donors (Lipinski definition) is 2. The van der Waals surface area contributed by atoms with Gasteiger partial charge < -0.3 is 5.73 Å². The molecule has 0 saturated carbocycles. The number of thiocarbonyl (C=S) groups is 1. The molecule has 21 heavy (non-hydrogen) atoms. The van der Waals surface area contributed by atoms with E-state index in [2.05, 4.69) is 16.9 Å². The van der Waals surface area contributed by atoms with Gasteiger partial charge in [0.1, 0.15) is 10.8 Å². The lowest BCUT2D eigenvalue weighted by atomic mass is 10.2. The Labute approximate surface area is 127 Å². The predicted molar refractivity (Wildman–Crippen MR) is 79.7 cm³/mol. The molecule has 1 aromatic rings. The SMILES string of the molecule is NC(=S)c1c(F)cccc1S(=O)(=O)NC1CCS(=O)(=O)C1. The number of nitrogens with one attached hydrogen (secondary N) is 1. The van der Waals surface area contributed by atoms with Gasteiger partial charge in [-0.3, -0.25) is 0 Å². The highest BCUT2D eigenvalue weighted by Gasteiger charge is 2.32. The van der Waals surface area contributed by atoms with Gasteiger partial charge in [-0.15, -0.1) is 0 Å². The van der Waals surface area contributed by atoms with Crippen molar-refractivity contribution < 1.29 is 21.2 Å². The van der Waals surface area contributed by atoms with E-state index in [0.717, 1.165) is 6.07 Å². The quantitative estimate of drug-likeness (QED) is 0.735. The Morgan fingerprint density at radius 3 is 2.62 bits per heavy atom. The van der Waals surface area contributed by atoms with Crippen LogP contribution in [0.25, 0.3) is 0 Å². The fraction of sp³-hybridized carbons (Fsp3) is 0.364. The molecule has 1 aliphatic heterocycles. The molecule has 1 atom stereocenters. The number of hydrogen-bond acceptors (Lipinski definition) is 5. The van der Waals surface area contributed by atoms with Gasteiger partial charge in [0.05, 0.1) is 22.0 Å². The number of halogens is 1. The van der Waals surface area contributed by atoms with E-state index in [1.165, 1.54) is 12.1 Å². The lowest BCUT2D eigenvalue weighted by Gasteiger charge is -2.14. The highest BCUT2D eigenvalue weighted by molar-refractivity contribution is 7.92. The van der Waals surface area contributed by atoms with Crippen LogP contribution in [-0.2, 0) is 19.9 Å². The van der Waals surface area contributed by atoms with E-state index in [9.17, 15) is 21.2 Å². The van der Waals surface area contributed by atoms with Gasteiger partial charge in [0.25, 0.3) is 0 Å². The summed E-state index contributed by atoms with van der Waals surface area (Å²) in [4.78, 5) is -0.771. The second-order valence-corrected chi connectivity index (χ2v) is 9.05. The highest BCUT2D eigenvalue weighted by Crippen LogP contribution is 2.21. The summed E-state index contributed by atoms with van der Waals surface area (Å²) >= 11 is 4.67. The third-order valence-corrected chi connectivity index (χ3v) is 6.60. The maximum atomic E-state index is 13.7. The van der Waals surface area contributed by atoms with Gasteiger partial charge in [-0.05, 0) is 18.6 Å². The van der Waals surface area contributed by atoms with E-state index in [1.807, 2.05) is 0 Å². The first-order valence-electron chi connectivity index (χ1n) is 5.93. The molecule has 1 saturated heterocycles. The predicted octanol–water partition coefficient (Wildman–Crippen LogP) is -0.0747. The molecule has 1 heterocycles. The molecule has 0 bridgehead atoms. The summed E-state index contributed by atoms with van der Waals surface area (Å²) in [7, 11) is -7.35.